The predicted octanol–water partition coefficient (Wildman–Crippen LogP) is 3.18. The second kappa shape index (κ2) is 9.04. The molecule has 0 aliphatic carbocycles. The van der Waals surface area contributed by atoms with Crippen molar-refractivity contribution in [2.45, 2.75) is 30.6 Å². The second-order valence-corrected chi connectivity index (χ2v) is 7.40. The lowest BCUT2D eigenvalue weighted by Crippen LogP contribution is -2.38. The number of hydrogen-bond acceptors (Lipinski definition) is 7. The summed E-state index contributed by atoms with van der Waals surface area (Å²) in [6.07, 6.45) is -4.41. The van der Waals surface area contributed by atoms with E-state index in [1.165, 1.54) is 14.0 Å². The minimum atomic E-state index is -4.41. The van der Waals surface area contributed by atoms with Crippen LogP contribution in [0.4, 0.5) is 19.1 Å². The summed E-state index contributed by atoms with van der Waals surface area (Å²) in [5.74, 6) is 0.910. The van der Waals surface area contributed by atoms with E-state index < -0.39 is 12.7 Å². The fourth-order valence-electron chi connectivity index (χ4n) is 2.96. The van der Waals surface area contributed by atoms with Gasteiger partial charge in [-0.05, 0) is 25.1 Å². The largest absolute Gasteiger partial charge is 0.496 e. The molecule has 0 radical (unpaired) electrons. The van der Waals surface area contributed by atoms with Gasteiger partial charge in [0.1, 0.15) is 12.3 Å². The first-order valence-corrected chi connectivity index (χ1v) is 9.90. The number of Topliss-reactive ketones (excluding diaryl/α,β-unsaturated/α-hetero) is 1. The van der Waals surface area contributed by atoms with Gasteiger partial charge in [0.25, 0.3) is 0 Å². The van der Waals surface area contributed by atoms with Crippen LogP contribution in [0, 0.1) is 0 Å². The molecule has 0 saturated carbocycles. The third kappa shape index (κ3) is 5.41. The molecule has 0 N–H and O–H groups in total. The quantitative estimate of drug-likeness (QED) is 0.494. The number of rotatable bonds is 7. The summed E-state index contributed by atoms with van der Waals surface area (Å²) in [6, 6.07) is 5.01. The zero-order chi connectivity index (χ0) is 21.0. The van der Waals surface area contributed by atoms with Gasteiger partial charge in [-0.1, -0.05) is 11.8 Å². The molecule has 158 valence electrons. The van der Waals surface area contributed by atoms with Crippen molar-refractivity contribution >= 4 is 23.5 Å². The van der Waals surface area contributed by atoms with Crippen molar-refractivity contribution in [3.05, 3.63) is 29.3 Å². The number of methoxy groups -OCH3 is 1. The van der Waals surface area contributed by atoms with Gasteiger partial charge in [-0.3, -0.25) is 9.36 Å². The Balaban J connectivity index is 1.86. The summed E-state index contributed by atoms with van der Waals surface area (Å²) in [7, 11) is 1.50. The van der Waals surface area contributed by atoms with Crippen LogP contribution in [-0.4, -0.2) is 60.1 Å². The molecule has 7 nitrogen and oxygen atoms in total. The summed E-state index contributed by atoms with van der Waals surface area (Å²) < 4.78 is 51.2. The molecule has 11 heteroatoms. The number of ether oxygens (including phenoxy) is 2. The lowest BCUT2D eigenvalue weighted by atomic mass is 10.1. The molecule has 2 aromatic rings. The summed E-state index contributed by atoms with van der Waals surface area (Å²) in [5, 5.41) is 8.14. The zero-order valence-electron chi connectivity index (χ0n) is 16.0. The van der Waals surface area contributed by atoms with Crippen molar-refractivity contribution in [1.82, 2.24) is 14.8 Å². The Kier molecular flexibility index (Phi) is 6.68. The maximum Gasteiger partial charge on any atom is 0.406 e. The van der Waals surface area contributed by atoms with Crippen molar-refractivity contribution < 1.29 is 27.4 Å². The number of nitrogens with zero attached hydrogens (tertiary/aromatic N) is 4. The van der Waals surface area contributed by atoms with E-state index in [4.69, 9.17) is 9.47 Å². The Labute approximate surface area is 170 Å². The van der Waals surface area contributed by atoms with E-state index in [2.05, 4.69) is 10.2 Å². The van der Waals surface area contributed by atoms with Crippen molar-refractivity contribution in [3.8, 4) is 5.75 Å². The van der Waals surface area contributed by atoms with E-state index in [0.717, 1.165) is 16.3 Å². The summed E-state index contributed by atoms with van der Waals surface area (Å²) in [6.45, 7) is 2.03. The smallest absolute Gasteiger partial charge is 0.406 e. The van der Waals surface area contributed by atoms with Gasteiger partial charge in [0.15, 0.2) is 10.9 Å². The van der Waals surface area contributed by atoms with Crippen LogP contribution in [0.2, 0.25) is 0 Å². The highest BCUT2D eigenvalue weighted by molar-refractivity contribution is 7.98. The Hall–Kier alpha value is -2.27. The first kappa shape index (κ1) is 21.4. The number of morpholine rings is 1. The molecule has 0 atom stereocenters. The fourth-order valence-corrected chi connectivity index (χ4v) is 3.87. The van der Waals surface area contributed by atoms with Gasteiger partial charge in [-0.15, -0.1) is 10.2 Å². The monoisotopic (exact) mass is 430 g/mol. The van der Waals surface area contributed by atoms with E-state index in [9.17, 15) is 18.0 Å². The summed E-state index contributed by atoms with van der Waals surface area (Å²) >= 11 is 1.12. The minimum absolute atomic E-state index is 0.103. The van der Waals surface area contributed by atoms with Gasteiger partial charge >= 0.3 is 6.18 Å². The van der Waals surface area contributed by atoms with Gasteiger partial charge in [-0.25, -0.2) is 0 Å². The molecular weight excluding hydrogens is 409 g/mol. The number of thioether (sulfide) groups is 1. The van der Waals surface area contributed by atoms with E-state index in [1.807, 2.05) is 0 Å². The molecule has 1 aromatic carbocycles. The molecule has 29 heavy (non-hydrogen) atoms. The second-order valence-electron chi connectivity index (χ2n) is 6.45. The molecule has 0 bridgehead atoms. The van der Waals surface area contributed by atoms with E-state index in [0.29, 0.717) is 43.2 Å². The lowest BCUT2D eigenvalue weighted by Gasteiger charge is -2.28. The van der Waals surface area contributed by atoms with Crippen LogP contribution in [0.3, 0.4) is 0 Å². The molecule has 0 amide bonds. The number of ketones is 1. The summed E-state index contributed by atoms with van der Waals surface area (Å²) in [4.78, 5) is 13.4. The van der Waals surface area contributed by atoms with Gasteiger partial charge in [-0.2, -0.15) is 13.2 Å². The van der Waals surface area contributed by atoms with Crippen LogP contribution < -0.4 is 9.64 Å². The van der Waals surface area contributed by atoms with Gasteiger partial charge in [0.2, 0.25) is 5.95 Å². The first-order chi connectivity index (χ1) is 13.8. The van der Waals surface area contributed by atoms with E-state index in [1.54, 1.807) is 23.1 Å². The maximum absolute atomic E-state index is 13.2. The van der Waals surface area contributed by atoms with Gasteiger partial charge in [0, 0.05) is 30.0 Å². The number of benzene rings is 1. The van der Waals surface area contributed by atoms with Crippen molar-refractivity contribution in [3.63, 3.8) is 0 Å². The number of carbonyl (C=O) groups is 1. The zero-order valence-corrected chi connectivity index (χ0v) is 16.8. The van der Waals surface area contributed by atoms with Crippen LogP contribution in [0.15, 0.2) is 23.4 Å². The van der Waals surface area contributed by atoms with Crippen molar-refractivity contribution in [2.75, 3.05) is 38.3 Å². The highest BCUT2D eigenvalue weighted by atomic mass is 32.2. The van der Waals surface area contributed by atoms with Crippen LogP contribution in [0.25, 0.3) is 0 Å². The highest BCUT2D eigenvalue weighted by Crippen LogP contribution is 2.32. The first-order valence-electron chi connectivity index (χ1n) is 8.92. The molecule has 1 saturated heterocycles. The number of aromatic nitrogens is 3. The number of halogens is 3. The molecule has 1 fully saturated rings. The lowest BCUT2D eigenvalue weighted by molar-refractivity contribution is -0.141. The average molecular weight is 430 g/mol. The van der Waals surface area contributed by atoms with Crippen molar-refractivity contribution in [1.29, 1.82) is 0 Å². The number of carbonyl (C=O) groups excluding carboxylic acids is 1. The third-order valence-electron chi connectivity index (χ3n) is 4.37. The van der Waals surface area contributed by atoms with E-state index >= 15 is 0 Å². The molecule has 1 aliphatic heterocycles. The Morgan fingerprint density at radius 1 is 1.28 bits per heavy atom. The molecule has 2 heterocycles. The predicted molar refractivity (Wildman–Crippen MR) is 102 cm³/mol. The number of hydrogen-bond donors (Lipinski definition) is 0. The number of alkyl halides is 3. The molecule has 1 aliphatic rings. The Morgan fingerprint density at radius 2 is 2.00 bits per heavy atom. The van der Waals surface area contributed by atoms with Crippen LogP contribution in [-0.2, 0) is 17.0 Å². The Morgan fingerprint density at radius 3 is 2.62 bits per heavy atom. The van der Waals surface area contributed by atoms with Gasteiger partial charge < -0.3 is 14.4 Å². The van der Waals surface area contributed by atoms with Crippen LogP contribution in [0.1, 0.15) is 22.8 Å². The normalized spacial score (nSPS) is 14.9. The SMILES string of the molecule is COc1ccc(C(C)=O)cc1CSc1nnc(N2CCOCC2)n1CC(F)(F)F. The van der Waals surface area contributed by atoms with Crippen molar-refractivity contribution in [2.24, 2.45) is 0 Å². The average Bonchev–Trinajstić information content (AvgIpc) is 3.07. The highest BCUT2D eigenvalue weighted by Gasteiger charge is 2.33. The minimum Gasteiger partial charge on any atom is -0.496 e. The molecular formula is C18H21F3N4O3S. The Bertz CT molecular complexity index is 867. The third-order valence-corrected chi connectivity index (χ3v) is 5.39. The number of anilines is 1. The fraction of sp³-hybridized carbons (Fsp3) is 0.500. The molecule has 1 aromatic heterocycles. The molecule has 3 rings (SSSR count). The standard InChI is InChI=1S/C18H21F3N4O3S/c1-12(26)13-3-4-15(27-2)14(9-13)10-29-17-23-22-16(24-5-7-28-8-6-24)25(17)11-18(19,20)21/h3-4,9H,5-8,10-11H2,1-2H3. The summed E-state index contributed by atoms with van der Waals surface area (Å²) in [5.41, 5.74) is 1.20. The molecule has 0 unspecified atom stereocenters. The van der Waals surface area contributed by atoms with Crippen LogP contribution in [0.5, 0.6) is 5.75 Å². The molecule has 0 spiro atoms. The maximum atomic E-state index is 13.2. The van der Waals surface area contributed by atoms with E-state index in [-0.39, 0.29) is 22.6 Å². The van der Waals surface area contributed by atoms with Gasteiger partial charge in [0.05, 0.1) is 20.3 Å². The topological polar surface area (TPSA) is 69.5 Å². The van der Waals surface area contributed by atoms with Crippen LogP contribution >= 0.6 is 11.8 Å².